The van der Waals surface area contributed by atoms with Crippen LogP contribution in [0.1, 0.15) is 36.2 Å². The van der Waals surface area contributed by atoms with Gasteiger partial charge in [-0.3, -0.25) is 4.90 Å². The molecule has 5 nitrogen and oxygen atoms in total. The number of sulfone groups is 1. The molecule has 0 aliphatic carbocycles. The Balaban J connectivity index is 1.86. The van der Waals surface area contributed by atoms with Crippen LogP contribution in [0.5, 0.6) is 0 Å². The van der Waals surface area contributed by atoms with E-state index >= 15 is 0 Å². The van der Waals surface area contributed by atoms with E-state index in [1.54, 1.807) is 11.4 Å². The number of hydrogen-bond acceptors (Lipinski definition) is 6. The third-order valence-electron chi connectivity index (χ3n) is 5.53. The fraction of sp³-hybridized carbons (Fsp3) is 0.348. The van der Waals surface area contributed by atoms with Gasteiger partial charge in [-0.15, -0.1) is 11.3 Å². The van der Waals surface area contributed by atoms with Gasteiger partial charge in [-0.05, 0) is 57.1 Å². The van der Waals surface area contributed by atoms with Crippen LogP contribution in [-0.2, 0) is 28.7 Å². The molecule has 0 aliphatic heterocycles. The monoisotopic (exact) mass is 513 g/mol. The maximum Gasteiger partial charge on any atom is 0.187 e. The van der Waals surface area contributed by atoms with Crippen molar-refractivity contribution in [2.75, 3.05) is 12.4 Å². The number of nitrogens with zero attached hydrogens (tertiary/aromatic N) is 2. The predicted octanol–water partition coefficient (Wildman–Crippen LogP) is 5.81. The van der Waals surface area contributed by atoms with E-state index in [0.717, 1.165) is 23.3 Å². The quantitative estimate of drug-likeness (QED) is 0.391. The minimum absolute atomic E-state index is 0.0298. The zero-order valence-electron chi connectivity index (χ0n) is 18.8. The zero-order valence-corrected chi connectivity index (χ0v) is 21.2. The molecule has 0 amide bonds. The number of nitrogens with one attached hydrogen (secondary N) is 1. The molecule has 3 rings (SSSR count). The van der Waals surface area contributed by atoms with Gasteiger partial charge in [0.2, 0.25) is 0 Å². The first-order valence-electron chi connectivity index (χ1n) is 10.3. The molecule has 1 heterocycles. The predicted molar refractivity (Wildman–Crippen MR) is 129 cm³/mol. The maximum atomic E-state index is 14.8. The fourth-order valence-electron chi connectivity index (χ4n) is 3.29. The summed E-state index contributed by atoms with van der Waals surface area (Å²) in [4.78, 5) is 5.55. The van der Waals surface area contributed by atoms with Gasteiger partial charge in [-0.1, -0.05) is 17.7 Å². The van der Waals surface area contributed by atoms with Crippen molar-refractivity contribution in [3.8, 4) is 0 Å². The number of aryl methyl sites for hydroxylation is 1. The summed E-state index contributed by atoms with van der Waals surface area (Å²) in [6, 6.07) is 5.53. The highest BCUT2D eigenvalue weighted by atomic mass is 35.5. The van der Waals surface area contributed by atoms with Gasteiger partial charge >= 0.3 is 0 Å². The van der Waals surface area contributed by atoms with Gasteiger partial charge in [0.1, 0.15) is 16.5 Å². The summed E-state index contributed by atoms with van der Waals surface area (Å²) in [5.41, 5.74) is 4.29. The van der Waals surface area contributed by atoms with Crippen LogP contribution in [-0.4, -0.2) is 31.4 Å². The number of anilines is 1. The Bertz CT molecular complexity index is 1230. The topological polar surface area (TPSA) is 62.3 Å². The van der Waals surface area contributed by atoms with Gasteiger partial charge in [0.25, 0.3) is 0 Å². The first-order valence-corrected chi connectivity index (χ1v) is 13.3. The lowest BCUT2D eigenvalue weighted by molar-refractivity contribution is 0.264. The highest BCUT2D eigenvalue weighted by molar-refractivity contribution is 7.90. The second-order valence-corrected chi connectivity index (χ2v) is 11.3. The Morgan fingerprint density at radius 3 is 2.55 bits per heavy atom. The molecule has 2 aromatic carbocycles. The number of hydrogen-bond donors (Lipinski definition) is 1. The molecule has 0 saturated carbocycles. The van der Waals surface area contributed by atoms with E-state index in [1.165, 1.54) is 22.9 Å². The largest absolute Gasteiger partial charge is 0.380 e. The molecule has 0 bridgehead atoms. The molecule has 0 atom stereocenters. The third-order valence-corrected chi connectivity index (χ3v) is 8.14. The summed E-state index contributed by atoms with van der Waals surface area (Å²) in [6.45, 7) is 6.65. The van der Waals surface area contributed by atoms with Crippen LogP contribution < -0.4 is 5.32 Å². The van der Waals surface area contributed by atoms with Crippen molar-refractivity contribution in [1.82, 2.24) is 9.88 Å². The van der Waals surface area contributed by atoms with Crippen molar-refractivity contribution in [3.63, 3.8) is 0 Å². The SMILES string of the molecule is Cc1ccc(F)c(CNc2cc(F)c(S(=O)(=O)Cc3cscn3)cc2Cl)c1CN(C)C(C)C. The van der Waals surface area contributed by atoms with Gasteiger partial charge < -0.3 is 5.32 Å². The summed E-state index contributed by atoms with van der Waals surface area (Å²) in [7, 11) is -2.01. The maximum absolute atomic E-state index is 14.8. The summed E-state index contributed by atoms with van der Waals surface area (Å²) < 4.78 is 54.8. The van der Waals surface area contributed by atoms with Gasteiger partial charge in [0, 0.05) is 30.1 Å². The molecule has 0 spiro atoms. The van der Waals surface area contributed by atoms with Crippen LogP contribution >= 0.6 is 22.9 Å². The highest BCUT2D eigenvalue weighted by Gasteiger charge is 2.23. The summed E-state index contributed by atoms with van der Waals surface area (Å²) in [6.07, 6.45) is 0. The van der Waals surface area contributed by atoms with Crippen LogP contribution in [0.2, 0.25) is 5.02 Å². The molecule has 0 aliphatic rings. The molecule has 0 fully saturated rings. The molecule has 1 aromatic heterocycles. The second kappa shape index (κ2) is 10.5. The Morgan fingerprint density at radius 2 is 1.91 bits per heavy atom. The molecular formula is C23H26ClF2N3O2S2. The average Bonchev–Trinajstić information content (AvgIpc) is 3.24. The lowest BCUT2D eigenvalue weighted by Gasteiger charge is -2.24. The first kappa shape index (κ1) is 25.6. The molecule has 0 radical (unpaired) electrons. The summed E-state index contributed by atoms with van der Waals surface area (Å²) in [5.74, 6) is -1.72. The van der Waals surface area contributed by atoms with Crippen LogP contribution in [0.25, 0.3) is 0 Å². The van der Waals surface area contributed by atoms with Crippen molar-refractivity contribution >= 4 is 38.5 Å². The van der Waals surface area contributed by atoms with Crippen LogP contribution in [0.4, 0.5) is 14.5 Å². The standard InChI is InChI=1S/C23H26ClF2N3O2S2/c1-14(2)29(4)10-18-15(3)5-6-20(25)17(18)9-27-22-8-21(26)23(7-19(22)24)33(30,31)12-16-11-32-13-28-16/h5-8,11,13-14,27H,9-10,12H2,1-4H3. The van der Waals surface area contributed by atoms with Crippen LogP contribution in [0.3, 0.4) is 0 Å². The Hall–Kier alpha value is -2.07. The Labute approximate surface area is 202 Å². The van der Waals surface area contributed by atoms with E-state index in [1.807, 2.05) is 14.0 Å². The molecule has 3 aromatic rings. The smallest absolute Gasteiger partial charge is 0.187 e. The van der Waals surface area contributed by atoms with Gasteiger partial charge in [0.15, 0.2) is 9.84 Å². The number of thiazole rings is 1. The van der Waals surface area contributed by atoms with Crippen molar-refractivity contribution in [1.29, 1.82) is 0 Å². The second-order valence-electron chi connectivity index (χ2n) is 8.19. The molecule has 10 heteroatoms. The lowest BCUT2D eigenvalue weighted by Crippen LogP contribution is -2.27. The van der Waals surface area contributed by atoms with Gasteiger partial charge in [-0.2, -0.15) is 0 Å². The van der Waals surface area contributed by atoms with Crippen molar-refractivity contribution < 1.29 is 17.2 Å². The Kier molecular flexibility index (Phi) is 8.10. The molecular weight excluding hydrogens is 488 g/mol. The number of aromatic nitrogens is 1. The van der Waals surface area contributed by atoms with E-state index in [0.29, 0.717) is 17.8 Å². The highest BCUT2D eigenvalue weighted by Crippen LogP contribution is 2.31. The zero-order chi connectivity index (χ0) is 24.3. The van der Waals surface area contributed by atoms with E-state index in [9.17, 15) is 17.2 Å². The third kappa shape index (κ3) is 6.09. The summed E-state index contributed by atoms with van der Waals surface area (Å²) in [5, 5.41) is 4.59. The van der Waals surface area contributed by atoms with Gasteiger partial charge in [0.05, 0.1) is 27.7 Å². The fourth-order valence-corrected chi connectivity index (χ4v) is 5.61. The number of rotatable bonds is 9. The molecule has 33 heavy (non-hydrogen) atoms. The lowest BCUT2D eigenvalue weighted by atomic mass is 10.00. The van der Waals surface area contributed by atoms with E-state index in [2.05, 4.69) is 29.0 Å². The average molecular weight is 514 g/mol. The van der Waals surface area contributed by atoms with E-state index in [4.69, 9.17) is 11.6 Å². The van der Waals surface area contributed by atoms with Crippen LogP contribution in [0.15, 0.2) is 40.1 Å². The minimum Gasteiger partial charge on any atom is -0.380 e. The Morgan fingerprint density at radius 1 is 1.18 bits per heavy atom. The number of halogens is 3. The molecule has 0 unspecified atom stereocenters. The normalized spacial score (nSPS) is 12.0. The minimum atomic E-state index is -3.97. The van der Waals surface area contributed by atoms with Gasteiger partial charge in [-0.25, -0.2) is 22.2 Å². The van der Waals surface area contributed by atoms with Crippen LogP contribution in [0, 0.1) is 18.6 Å². The summed E-state index contributed by atoms with van der Waals surface area (Å²) >= 11 is 7.54. The molecule has 0 saturated heterocycles. The van der Waals surface area contributed by atoms with E-state index < -0.39 is 26.3 Å². The van der Waals surface area contributed by atoms with Crippen molar-refractivity contribution in [2.24, 2.45) is 0 Å². The molecule has 178 valence electrons. The molecule has 1 N–H and O–H groups in total. The van der Waals surface area contributed by atoms with E-state index in [-0.39, 0.29) is 29.1 Å². The first-order chi connectivity index (χ1) is 15.5. The van der Waals surface area contributed by atoms with Crippen molar-refractivity contribution in [3.05, 3.63) is 74.2 Å². The van der Waals surface area contributed by atoms with Crippen molar-refractivity contribution in [2.45, 2.75) is 50.6 Å². The number of benzene rings is 2.